The summed E-state index contributed by atoms with van der Waals surface area (Å²) in [4.78, 5) is 26.2. The second-order valence-electron chi connectivity index (χ2n) is 7.92. The molecular weight excluding hydrogens is 476 g/mol. The molecule has 1 aliphatic carbocycles. The number of carbonyl (C=O) groups excluding carboxylic acids is 2. The molecule has 0 saturated heterocycles. The summed E-state index contributed by atoms with van der Waals surface area (Å²) in [7, 11) is 4.45. The molecule has 4 rings (SSSR count). The molecular formula is C24H25BrN2O5. The van der Waals surface area contributed by atoms with E-state index in [0.717, 1.165) is 22.6 Å². The van der Waals surface area contributed by atoms with Gasteiger partial charge in [0.2, 0.25) is 0 Å². The molecule has 0 amide bonds. The minimum Gasteiger partial charge on any atom is -0.493 e. The lowest BCUT2D eigenvalue weighted by atomic mass is 9.75. The van der Waals surface area contributed by atoms with Gasteiger partial charge < -0.3 is 24.8 Å². The molecule has 2 aliphatic rings. The predicted molar refractivity (Wildman–Crippen MR) is 125 cm³/mol. The van der Waals surface area contributed by atoms with Gasteiger partial charge in [0.25, 0.3) is 0 Å². The Bertz CT molecular complexity index is 1110. The van der Waals surface area contributed by atoms with Gasteiger partial charge in [-0.25, -0.2) is 0 Å². The van der Waals surface area contributed by atoms with Crippen LogP contribution in [0.2, 0.25) is 0 Å². The Kier molecular flexibility index (Phi) is 6.15. The number of fused-ring (bicyclic) bond motifs is 1. The second-order valence-corrected chi connectivity index (χ2v) is 8.78. The average molecular weight is 501 g/mol. The van der Waals surface area contributed by atoms with E-state index in [2.05, 4.69) is 26.6 Å². The van der Waals surface area contributed by atoms with Crippen LogP contribution in [0.5, 0.6) is 11.5 Å². The molecule has 0 radical (unpaired) electrons. The van der Waals surface area contributed by atoms with Crippen LogP contribution in [-0.4, -0.2) is 33.1 Å². The third-order valence-electron chi connectivity index (χ3n) is 6.01. The fraction of sp³-hybridized carbons (Fsp3) is 0.333. The molecule has 3 atom stereocenters. The number of esters is 1. The number of carbonyl (C=O) groups is 2. The normalized spacial score (nSPS) is 22.0. The van der Waals surface area contributed by atoms with Gasteiger partial charge in [-0.1, -0.05) is 19.1 Å². The molecule has 32 heavy (non-hydrogen) atoms. The number of allylic oxidation sites excluding steroid dienone is 1. The van der Waals surface area contributed by atoms with Crippen molar-refractivity contribution in [2.75, 3.05) is 32.0 Å². The number of hydrogen-bond donors (Lipinski definition) is 2. The highest BCUT2D eigenvalue weighted by Gasteiger charge is 2.44. The van der Waals surface area contributed by atoms with Gasteiger partial charge in [0.15, 0.2) is 17.3 Å². The van der Waals surface area contributed by atoms with E-state index in [4.69, 9.17) is 14.2 Å². The zero-order chi connectivity index (χ0) is 23.0. The van der Waals surface area contributed by atoms with Gasteiger partial charge >= 0.3 is 5.97 Å². The summed E-state index contributed by atoms with van der Waals surface area (Å²) in [6.07, 6.45) is 0.543. The fourth-order valence-corrected chi connectivity index (χ4v) is 5.11. The molecule has 168 valence electrons. The first-order chi connectivity index (χ1) is 15.4. The Labute approximate surface area is 195 Å². The maximum absolute atomic E-state index is 13.7. The number of ketones is 1. The highest BCUT2D eigenvalue weighted by atomic mass is 79.9. The molecule has 1 aliphatic heterocycles. The number of ether oxygens (including phenoxy) is 3. The minimum atomic E-state index is -0.852. The third-order valence-corrected chi connectivity index (χ3v) is 6.60. The van der Waals surface area contributed by atoms with Crippen LogP contribution in [0, 0.1) is 11.8 Å². The molecule has 0 aromatic heterocycles. The summed E-state index contributed by atoms with van der Waals surface area (Å²) in [5.41, 5.74) is 3.85. The van der Waals surface area contributed by atoms with Gasteiger partial charge in [-0.2, -0.15) is 0 Å². The Balaban J connectivity index is 1.91. The number of hydrogen-bond acceptors (Lipinski definition) is 7. The highest BCUT2D eigenvalue weighted by molar-refractivity contribution is 9.10. The third kappa shape index (κ3) is 3.72. The number of methoxy groups -OCH3 is 3. The molecule has 2 N–H and O–H groups in total. The van der Waals surface area contributed by atoms with Crippen LogP contribution >= 0.6 is 15.9 Å². The van der Waals surface area contributed by atoms with Crippen molar-refractivity contribution < 1.29 is 23.8 Å². The van der Waals surface area contributed by atoms with Crippen LogP contribution in [-0.2, 0) is 14.3 Å². The number of rotatable bonds is 4. The van der Waals surface area contributed by atoms with Gasteiger partial charge in [-0.05, 0) is 58.1 Å². The minimum absolute atomic E-state index is 0.191. The number of anilines is 2. The van der Waals surface area contributed by atoms with Crippen LogP contribution in [0.4, 0.5) is 11.4 Å². The van der Waals surface area contributed by atoms with Crippen molar-refractivity contribution >= 4 is 39.1 Å². The van der Waals surface area contributed by atoms with E-state index in [1.165, 1.54) is 7.11 Å². The molecule has 0 fully saturated rings. The monoisotopic (exact) mass is 500 g/mol. The summed E-state index contributed by atoms with van der Waals surface area (Å²) < 4.78 is 16.6. The van der Waals surface area contributed by atoms with E-state index in [-0.39, 0.29) is 11.7 Å². The smallest absolute Gasteiger partial charge is 0.316 e. The van der Waals surface area contributed by atoms with Gasteiger partial charge in [0.1, 0.15) is 5.92 Å². The Hall–Kier alpha value is -3.00. The van der Waals surface area contributed by atoms with Gasteiger partial charge in [-0.3, -0.25) is 9.59 Å². The van der Waals surface area contributed by atoms with Crippen LogP contribution in [0.15, 0.2) is 52.1 Å². The van der Waals surface area contributed by atoms with Gasteiger partial charge in [-0.15, -0.1) is 0 Å². The molecule has 0 bridgehead atoms. The molecule has 0 saturated carbocycles. The summed E-state index contributed by atoms with van der Waals surface area (Å²) in [5.74, 6) is -0.697. The van der Waals surface area contributed by atoms with E-state index in [1.807, 2.05) is 43.3 Å². The SMILES string of the molecule is COC(=O)[C@@H]1C(=O)C2=C(C[C@@H]1C)Nc1ccccc1N[C@@H]2c1cc(Br)c(OC)c(OC)c1. The zero-order valence-electron chi connectivity index (χ0n) is 18.3. The lowest BCUT2D eigenvalue weighted by Gasteiger charge is -2.32. The molecule has 2 aromatic rings. The van der Waals surface area contributed by atoms with Crippen molar-refractivity contribution in [2.45, 2.75) is 19.4 Å². The lowest BCUT2D eigenvalue weighted by Crippen LogP contribution is -2.39. The van der Waals surface area contributed by atoms with Gasteiger partial charge in [0.05, 0.1) is 43.2 Å². The van der Waals surface area contributed by atoms with E-state index in [1.54, 1.807) is 14.2 Å². The standard InChI is InChI=1S/C24H25BrN2O5/c1-12-9-17-20(22(28)19(12)24(29)32-4)21(27-16-8-6-5-7-15(16)26-17)13-10-14(25)23(31-3)18(11-13)30-2/h5-8,10-12,19,21,26-27H,9H2,1-4H3/t12-,19-,21+/m0/s1. The first-order valence-electron chi connectivity index (χ1n) is 10.3. The van der Waals surface area contributed by atoms with Crippen LogP contribution in [0.1, 0.15) is 24.9 Å². The lowest BCUT2D eigenvalue weighted by molar-refractivity contribution is -0.151. The average Bonchev–Trinajstić information content (AvgIpc) is 2.94. The Morgan fingerprint density at radius 3 is 2.47 bits per heavy atom. The topological polar surface area (TPSA) is 85.9 Å². The van der Waals surface area contributed by atoms with Crippen LogP contribution < -0.4 is 20.1 Å². The molecule has 7 nitrogen and oxygen atoms in total. The van der Waals surface area contributed by atoms with Crippen molar-refractivity contribution in [1.82, 2.24) is 0 Å². The number of nitrogens with one attached hydrogen (secondary N) is 2. The molecule has 0 spiro atoms. The second kappa shape index (κ2) is 8.86. The number of halogens is 1. The number of Topliss-reactive ketones (excluding diaryl/α,β-unsaturated/α-hetero) is 1. The Morgan fingerprint density at radius 1 is 1.09 bits per heavy atom. The molecule has 8 heteroatoms. The van der Waals surface area contributed by atoms with E-state index >= 15 is 0 Å². The number of para-hydroxylation sites is 2. The largest absolute Gasteiger partial charge is 0.493 e. The maximum Gasteiger partial charge on any atom is 0.316 e. The first-order valence-corrected chi connectivity index (χ1v) is 11.1. The van der Waals surface area contributed by atoms with Crippen LogP contribution in [0.25, 0.3) is 0 Å². The van der Waals surface area contributed by atoms with Crippen molar-refractivity contribution in [3.63, 3.8) is 0 Å². The quantitative estimate of drug-likeness (QED) is 0.464. The van der Waals surface area contributed by atoms with Crippen LogP contribution in [0.3, 0.4) is 0 Å². The zero-order valence-corrected chi connectivity index (χ0v) is 19.9. The summed E-state index contributed by atoms with van der Waals surface area (Å²) in [6.45, 7) is 1.90. The molecule has 0 unspecified atom stereocenters. The highest BCUT2D eigenvalue weighted by Crippen LogP contribution is 2.46. The van der Waals surface area contributed by atoms with Crippen molar-refractivity contribution in [3.8, 4) is 11.5 Å². The molecule has 2 aromatic carbocycles. The van der Waals surface area contributed by atoms with E-state index in [9.17, 15) is 9.59 Å². The molecule has 1 heterocycles. The van der Waals surface area contributed by atoms with Gasteiger partial charge in [0, 0.05) is 11.3 Å². The van der Waals surface area contributed by atoms with Crippen molar-refractivity contribution in [2.24, 2.45) is 11.8 Å². The number of benzene rings is 2. The Morgan fingerprint density at radius 2 is 1.81 bits per heavy atom. The maximum atomic E-state index is 13.7. The van der Waals surface area contributed by atoms with Crippen molar-refractivity contribution in [3.05, 3.63) is 57.7 Å². The van der Waals surface area contributed by atoms with Crippen molar-refractivity contribution in [1.29, 1.82) is 0 Å². The van der Waals surface area contributed by atoms with E-state index < -0.39 is 17.9 Å². The summed E-state index contributed by atoms with van der Waals surface area (Å²) in [5, 5.41) is 6.94. The first kappa shape index (κ1) is 22.2. The fourth-order valence-electron chi connectivity index (χ4n) is 4.49. The predicted octanol–water partition coefficient (Wildman–Crippen LogP) is 4.70. The summed E-state index contributed by atoms with van der Waals surface area (Å²) in [6, 6.07) is 11.0. The summed E-state index contributed by atoms with van der Waals surface area (Å²) >= 11 is 3.55. The van der Waals surface area contributed by atoms with E-state index in [0.29, 0.717) is 28.0 Å².